The van der Waals surface area contributed by atoms with Gasteiger partial charge in [0.1, 0.15) is 16.0 Å². The molecular weight excluding hydrogens is 340 g/mol. The minimum atomic E-state index is -0.0296. The molecule has 0 saturated heterocycles. The maximum Gasteiger partial charge on any atom is 0.223 e. The number of thiazole rings is 1. The van der Waals surface area contributed by atoms with Gasteiger partial charge in [0, 0.05) is 11.5 Å². The predicted molar refractivity (Wildman–Crippen MR) is 99.1 cm³/mol. The van der Waals surface area contributed by atoms with Crippen molar-refractivity contribution in [1.29, 1.82) is 0 Å². The second-order valence-electron chi connectivity index (χ2n) is 5.59. The van der Waals surface area contributed by atoms with E-state index < -0.39 is 0 Å². The van der Waals surface area contributed by atoms with Crippen molar-refractivity contribution in [3.05, 3.63) is 35.3 Å². The fraction of sp³-hybridized carbons (Fsp3) is 0.294. The maximum absolute atomic E-state index is 11.7. The van der Waals surface area contributed by atoms with Crippen molar-refractivity contribution in [2.75, 3.05) is 5.88 Å². The lowest BCUT2D eigenvalue weighted by molar-refractivity contribution is -0.123. The Hall–Kier alpha value is -1.99. The van der Waals surface area contributed by atoms with E-state index in [1.165, 1.54) is 11.8 Å². The fourth-order valence-electron chi connectivity index (χ4n) is 2.14. The van der Waals surface area contributed by atoms with Crippen LogP contribution in [-0.2, 0) is 4.79 Å². The SMILES string of the molecule is Cc1nc2c(-c3ccccc3)nc(SCNC(=O)C(C)C)nc2s1. The van der Waals surface area contributed by atoms with Crippen LogP contribution in [0.1, 0.15) is 18.9 Å². The summed E-state index contributed by atoms with van der Waals surface area (Å²) in [6.07, 6.45) is 0. The summed E-state index contributed by atoms with van der Waals surface area (Å²) in [5.41, 5.74) is 2.69. The number of benzene rings is 1. The van der Waals surface area contributed by atoms with Gasteiger partial charge in [0.25, 0.3) is 0 Å². The number of fused-ring (bicyclic) bond motifs is 1. The monoisotopic (exact) mass is 358 g/mol. The predicted octanol–water partition coefficient (Wildman–Crippen LogP) is 3.88. The third kappa shape index (κ3) is 3.73. The Morgan fingerprint density at radius 1 is 1.21 bits per heavy atom. The summed E-state index contributed by atoms with van der Waals surface area (Å²) in [5, 5.41) is 4.49. The lowest BCUT2D eigenvalue weighted by atomic mass is 10.1. The van der Waals surface area contributed by atoms with Crippen LogP contribution in [0.25, 0.3) is 21.6 Å². The third-order valence-corrected chi connectivity index (χ3v) is 4.96. The molecule has 0 bridgehead atoms. The highest BCUT2D eigenvalue weighted by Crippen LogP contribution is 2.30. The number of hydrogen-bond acceptors (Lipinski definition) is 6. The van der Waals surface area contributed by atoms with Crippen molar-refractivity contribution in [2.45, 2.75) is 25.9 Å². The van der Waals surface area contributed by atoms with Crippen LogP contribution in [0, 0.1) is 12.8 Å². The van der Waals surface area contributed by atoms with Crippen molar-refractivity contribution < 1.29 is 4.79 Å². The highest BCUT2D eigenvalue weighted by atomic mass is 32.2. The summed E-state index contributed by atoms with van der Waals surface area (Å²) in [5.74, 6) is 0.452. The van der Waals surface area contributed by atoms with Crippen LogP contribution in [0.2, 0.25) is 0 Å². The second kappa shape index (κ2) is 7.27. The molecule has 1 aromatic carbocycles. The van der Waals surface area contributed by atoms with Crippen LogP contribution >= 0.6 is 23.1 Å². The maximum atomic E-state index is 11.7. The Kier molecular flexibility index (Phi) is 5.11. The standard InChI is InChI=1S/C17H18N4OS2/c1-10(2)15(22)18-9-23-17-20-13(12-7-5-4-6-8-12)14-16(21-17)24-11(3)19-14/h4-8,10H,9H2,1-3H3,(H,18,22). The van der Waals surface area contributed by atoms with E-state index in [9.17, 15) is 4.79 Å². The van der Waals surface area contributed by atoms with Gasteiger partial charge in [0.2, 0.25) is 5.91 Å². The van der Waals surface area contributed by atoms with Crippen LogP contribution in [0.4, 0.5) is 0 Å². The van der Waals surface area contributed by atoms with Gasteiger partial charge in [-0.15, -0.1) is 0 Å². The van der Waals surface area contributed by atoms with Crippen molar-refractivity contribution >= 4 is 39.4 Å². The molecule has 0 atom stereocenters. The first-order valence-corrected chi connectivity index (χ1v) is 9.46. The third-order valence-electron chi connectivity index (χ3n) is 3.36. The van der Waals surface area contributed by atoms with Crippen molar-refractivity contribution in [3.63, 3.8) is 0 Å². The molecular formula is C17H18N4OS2. The quantitative estimate of drug-likeness (QED) is 0.426. The van der Waals surface area contributed by atoms with E-state index in [0.717, 1.165) is 26.6 Å². The van der Waals surface area contributed by atoms with Crippen molar-refractivity contribution in [2.24, 2.45) is 5.92 Å². The first-order chi connectivity index (χ1) is 11.5. The van der Waals surface area contributed by atoms with Crippen LogP contribution in [0.5, 0.6) is 0 Å². The van der Waals surface area contributed by atoms with E-state index >= 15 is 0 Å². The molecule has 2 aromatic heterocycles. The van der Waals surface area contributed by atoms with Gasteiger partial charge < -0.3 is 5.32 Å². The topological polar surface area (TPSA) is 67.8 Å². The highest BCUT2D eigenvalue weighted by molar-refractivity contribution is 7.99. The molecule has 3 aromatic rings. The average molecular weight is 358 g/mol. The Balaban J connectivity index is 1.91. The van der Waals surface area contributed by atoms with E-state index in [0.29, 0.717) is 11.0 Å². The number of rotatable bonds is 5. The lowest BCUT2D eigenvalue weighted by Gasteiger charge is -2.08. The minimum Gasteiger partial charge on any atom is -0.346 e. The van der Waals surface area contributed by atoms with Gasteiger partial charge in [-0.3, -0.25) is 4.79 Å². The molecule has 24 heavy (non-hydrogen) atoms. The molecule has 5 nitrogen and oxygen atoms in total. The molecule has 3 rings (SSSR count). The molecule has 124 valence electrons. The second-order valence-corrected chi connectivity index (χ2v) is 7.72. The molecule has 1 amide bonds. The molecule has 0 spiro atoms. The average Bonchev–Trinajstić information content (AvgIpc) is 2.94. The minimum absolute atomic E-state index is 0.0282. The van der Waals surface area contributed by atoms with Crippen molar-refractivity contribution in [1.82, 2.24) is 20.3 Å². The van der Waals surface area contributed by atoms with Crippen molar-refractivity contribution in [3.8, 4) is 11.3 Å². The molecule has 1 N–H and O–H groups in total. The number of nitrogens with one attached hydrogen (secondary N) is 1. The van der Waals surface area contributed by atoms with Gasteiger partial charge in [-0.25, -0.2) is 15.0 Å². The molecule has 0 radical (unpaired) electrons. The van der Waals surface area contributed by atoms with Crippen LogP contribution < -0.4 is 5.32 Å². The molecule has 0 unspecified atom stereocenters. The fourth-order valence-corrected chi connectivity index (χ4v) is 3.65. The molecule has 0 fully saturated rings. The number of nitrogens with zero attached hydrogens (tertiary/aromatic N) is 3. The molecule has 0 aliphatic rings. The van der Waals surface area contributed by atoms with Gasteiger partial charge >= 0.3 is 0 Å². The van der Waals surface area contributed by atoms with Gasteiger partial charge in [0.15, 0.2) is 5.16 Å². The Morgan fingerprint density at radius 3 is 2.67 bits per heavy atom. The highest BCUT2D eigenvalue weighted by Gasteiger charge is 2.14. The van der Waals surface area contributed by atoms with Gasteiger partial charge in [-0.05, 0) is 6.92 Å². The number of carbonyl (C=O) groups is 1. The summed E-state index contributed by atoms with van der Waals surface area (Å²) < 4.78 is 0. The Bertz CT molecular complexity index is 862. The molecule has 0 aliphatic heterocycles. The number of carbonyl (C=O) groups excluding carboxylic acids is 1. The zero-order valence-electron chi connectivity index (χ0n) is 13.7. The van der Waals surface area contributed by atoms with E-state index in [4.69, 9.17) is 0 Å². The zero-order valence-corrected chi connectivity index (χ0v) is 15.4. The van der Waals surface area contributed by atoms with Crippen LogP contribution in [0.15, 0.2) is 35.5 Å². The van der Waals surface area contributed by atoms with Crippen LogP contribution in [0.3, 0.4) is 0 Å². The lowest BCUT2D eigenvalue weighted by Crippen LogP contribution is -2.27. The summed E-state index contributed by atoms with van der Waals surface area (Å²) >= 11 is 2.98. The number of hydrogen-bond donors (Lipinski definition) is 1. The summed E-state index contributed by atoms with van der Waals surface area (Å²) in [6.45, 7) is 5.71. The van der Waals surface area contributed by atoms with Crippen LogP contribution in [-0.4, -0.2) is 26.7 Å². The molecule has 7 heteroatoms. The number of thioether (sulfide) groups is 1. The number of aromatic nitrogens is 3. The Labute approximate surface area is 148 Å². The number of aryl methyl sites for hydroxylation is 1. The summed E-state index contributed by atoms with van der Waals surface area (Å²) in [7, 11) is 0. The summed E-state index contributed by atoms with van der Waals surface area (Å²) in [4.78, 5) is 26.4. The molecule has 2 heterocycles. The smallest absolute Gasteiger partial charge is 0.223 e. The van der Waals surface area contributed by atoms with Gasteiger partial charge in [-0.2, -0.15) is 0 Å². The number of amides is 1. The largest absolute Gasteiger partial charge is 0.346 e. The van der Waals surface area contributed by atoms with E-state index in [1.54, 1.807) is 11.3 Å². The van der Waals surface area contributed by atoms with Gasteiger partial charge in [0.05, 0.1) is 10.9 Å². The molecule has 0 aliphatic carbocycles. The first-order valence-electron chi connectivity index (χ1n) is 7.65. The van der Waals surface area contributed by atoms with E-state index in [2.05, 4.69) is 20.3 Å². The summed E-state index contributed by atoms with van der Waals surface area (Å²) in [6, 6.07) is 9.98. The Morgan fingerprint density at radius 2 is 1.96 bits per heavy atom. The normalized spacial score (nSPS) is 11.2. The first kappa shape index (κ1) is 16.9. The van der Waals surface area contributed by atoms with E-state index in [-0.39, 0.29) is 11.8 Å². The van der Waals surface area contributed by atoms with E-state index in [1.807, 2.05) is 51.1 Å². The molecule has 0 saturated carbocycles. The zero-order chi connectivity index (χ0) is 17.1. The van der Waals surface area contributed by atoms with Gasteiger partial charge in [-0.1, -0.05) is 67.3 Å².